The number of anilines is 1. The lowest BCUT2D eigenvalue weighted by Gasteiger charge is -2.17. The summed E-state index contributed by atoms with van der Waals surface area (Å²) in [6.45, 7) is 8.34. The highest BCUT2D eigenvalue weighted by Gasteiger charge is 2.21. The van der Waals surface area contributed by atoms with Gasteiger partial charge in [-0.2, -0.15) is 0 Å². The maximum atomic E-state index is 11.2. The molecule has 1 aliphatic heterocycles. The first kappa shape index (κ1) is 13.9. The second kappa shape index (κ2) is 6.06. The summed E-state index contributed by atoms with van der Waals surface area (Å²) in [5.74, 6) is -0.256. The molecule has 4 heteroatoms. The van der Waals surface area contributed by atoms with Crippen LogP contribution in [0.3, 0.4) is 0 Å². The van der Waals surface area contributed by atoms with Gasteiger partial charge in [-0.05, 0) is 44.0 Å². The Morgan fingerprint density at radius 1 is 1.53 bits per heavy atom. The Labute approximate surface area is 114 Å². The van der Waals surface area contributed by atoms with E-state index in [9.17, 15) is 9.90 Å². The van der Waals surface area contributed by atoms with Crippen LogP contribution in [0.4, 0.5) is 5.69 Å². The molecule has 1 aromatic rings. The van der Waals surface area contributed by atoms with Gasteiger partial charge in [0.1, 0.15) is 0 Å². The monoisotopic (exact) mass is 262 g/mol. The van der Waals surface area contributed by atoms with Gasteiger partial charge in [-0.3, -0.25) is 0 Å². The van der Waals surface area contributed by atoms with Gasteiger partial charge < -0.3 is 15.3 Å². The van der Waals surface area contributed by atoms with Crippen LogP contribution in [-0.4, -0.2) is 42.2 Å². The topological polar surface area (TPSA) is 52.6 Å². The number of aryl methyl sites for hydroxylation is 1. The molecule has 1 atom stereocenters. The fourth-order valence-electron chi connectivity index (χ4n) is 2.69. The third-order valence-electron chi connectivity index (χ3n) is 3.89. The van der Waals surface area contributed by atoms with E-state index < -0.39 is 5.97 Å². The number of aromatic carboxylic acids is 1. The zero-order valence-corrected chi connectivity index (χ0v) is 11.6. The molecule has 0 saturated carbocycles. The first-order valence-electron chi connectivity index (χ1n) is 6.91. The van der Waals surface area contributed by atoms with E-state index >= 15 is 0 Å². The first-order valence-corrected chi connectivity index (χ1v) is 6.91. The average Bonchev–Trinajstić information content (AvgIpc) is 2.85. The fourth-order valence-corrected chi connectivity index (χ4v) is 2.69. The van der Waals surface area contributed by atoms with E-state index in [1.165, 1.54) is 6.42 Å². The van der Waals surface area contributed by atoms with Gasteiger partial charge in [0.15, 0.2) is 0 Å². The summed E-state index contributed by atoms with van der Waals surface area (Å²) in [6, 6.07) is 5.39. The third kappa shape index (κ3) is 3.26. The van der Waals surface area contributed by atoms with Crippen molar-refractivity contribution in [2.24, 2.45) is 5.92 Å². The van der Waals surface area contributed by atoms with Gasteiger partial charge >= 0.3 is 5.97 Å². The Hall–Kier alpha value is -1.55. The molecule has 0 amide bonds. The smallest absolute Gasteiger partial charge is 0.337 e. The Morgan fingerprint density at radius 2 is 2.32 bits per heavy atom. The van der Waals surface area contributed by atoms with E-state index in [1.807, 2.05) is 13.0 Å². The lowest BCUT2D eigenvalue weighted by molar-refractivity contribution is 0.0698. The summed E-state index contributed by atoms with van der Waals surface area (Å²) in [5, 5.41) is 12.6. The maximum Gasteiger partial charge on any atom is 0.337 e. The zero-order chi connectivity index (χ0) is 13.8. The molecule has 0 aliphatic carbocycles. The molecule has 1 aromatic carbocycles. The molecule has 1 aliphatic rings. The van der Waals surface area contributed by atoms with Gasteiger partial charge in [0, 0.05) is 13.1 Å². The van der Waals surface area contributed by atoms with Gasteiger partial charge in [-0.1, -0.05) is 19.1 Å². The highest BCUT2D eigenvalue weighted by molar-refractivity contribution is 5.95. The molecule has 0 spiro atoms. The van der Waals surface area contributed by atoms with Crippen molar-refractivity contribution >= 4 is 11.7 Å². The minimum absolute atomic E-state index is 0.366. The van der Waals surface area contributed by atoms with Crippen molar-refractivity contribution in [1.29, 1.82) is 0 Å². The minimum atomic E-state index is -0.868. The summed E-state index contributed by atoms with van der Waals surface area (Å²) in [5.41, 5.74) is 2.13. The molecule has 0 aromatic heterocycles. The summed E-state index contributed by atoms with van der Waals surface area (Å²) in [4.78, 5) is 13.7. The standard InChI is InChI=1S/C15H22N2O2/c1-3-17-8-7-12(10-17)9-16-14-11(2)5-4-6-13(14)15(18)19/h4-6,12,16H,3,7-10H2,1-2H3,(H,18,19). The lowest BCUT2D eigenvalue weighted by Crippen LogP contribution is -2.23. The van der Waals surface area contributed by atoms with Crippen LogP contribution in [0.5, 0.6) is 0 Å². The number of para-hydroxylation sites is 1. The quantitative estimate of drug-likeness (QED) is 0.856. The van der Waals surface area contributed by atoms with Crippen LogP contribution in [-0.2, 0) is 0 Å². The number of benzene rings is 1. The molecular weight excluding hydrogens is 240 g/mol. The molecule has 1 saturated heterocycles. The third-order valence-corrected chi connectivity index (χ3v) is 3.89. The fraction of sp³-hybridized carbons (Fsp3) is 0.533. The van der Waals surface area contributed by atoms with E-state index in [2.05, 4.69) is 17.1 Å². The summed E-state index contributed by atoms with van der Waals surface area (Å²) in [7, 11) is 0. The molecule has 1 fully saturated rings. The molecule has 2 rings (SSSR count). The van der Waals surface area contributed by atoms with Crippen LogP contribution in [0.2, 0.25) is 0 Å². The van der Waals surface area contributed by atoms with Crippen molar-refractivity contribution in [3.05, 3.63) is 29.3 Å². The predicted molar refractivity (Wildman–Crippen MR) is 76.8 cm³/mol. The molecule has 2 N–H and O–H groups in total. The first-order chi connectivity index (χ1) is 9.11. The Balaban J connectivity index is 2.02. The van der Waals surface area contributed by atoms with E-state index in [0.29, 0.717) is 11.5 Å². The van der Waals surface area contributed by atoms with Gasteiger partial charge in [0.2, 0.25) is 0 Å². The zero-order valence-electron chi connectivity index (χ0n) is 11.6. The second-order valence-electron chi connectivity index (χ2n) is 5.23. The van der Waals surface area contributed by atoms with E-state index in [1.54, 1.807) is 12.1 Å². The predicted octanol–water partition coefficient (Wildman–Crippen LogP) is 2.45. The number of nitrogens with one attached hydrogen (secondary N) is 1. The molecule has 1 unspecified atom stereocenters. The van der Waals surface area contributed by atoms with Crippen LogP contribution in [0.25, 0.3) is 0 Å². The molecule has 1 heterocycles. The van der Waals surface area contributed by atoms with Crippen LogP contribution < -0.4 is 5.32 Å². The molecule has 19 heavy (non-hydrogen) atoms. The van der Waals surface area contributed by atoms with Gasteiger partial charge in [-0.15, -0.1) is 0 Å². The normalized spacial score (nSPS) is 19.6. The highest BCUT2D eigenvalue weighted by Crippen LogP contribution is 2.23. The molecule has 4 nitrogen and oxygen atoms in total. The lowest BCUT2D eigenvalue weighted by atomic mass is 10.1. The van der Waals surface area contributed by atoms with Crippen molar-refractivity contribution in [2.75, 3.05) is 31.5 Å². The molecule has 104 valence electrons. The van der Waals surface area contributed by atoms with Crippen molar-refractivity contribution in [2.45, 2.75) is 20.3 Å². The number of hydrogen-bond donors (Lipinski definition) is 2. The van der Waals surface area contributed by atoms with Crippen LogP contribution in [0, 0.1) is 12.8 Å². The van der Waals surface area contributed by atoms with Crippen molar-refractivity contribution in [3.8, 4) is 0 Å². The number of likely N-dealkylation sites (tertiary alicyclic amines) is 1. The SMILES string of the molecule is CCN1CCC(CNc2c(C)cccc2C(=O)O)C1. The van der Waals surface area contributed by atoms with E-state index in [4.69, 9.17) is 0 Å². The maximum absolute atomic E-state index is 11.2. The van der Waals surface area contributed by atoms with Gasteiger partial charge in [0.05, 0.1) is 11.3 Å². The van der Waals surface area contributed by atoms with Gasteiger partial charge in [0.25, 0.3) is 0 Å². The number of carboxylic acid groups (broad SMARTS) is 1. The Bertz CT molecular complexity index is 459. The van der Waals surface area contributed by atoms with E-state index in [0.717, 1.165) is 37.4 Å². The second-order valence-corrected chi connectivity index (χ2v) is 5.23. The minimum Gasteiger partial charge on any atom is -0.478 e. The molecule has 0 bridgehead atoms. The van der Waals surface area contributed by atoms with Crippen LogP contribution in [0.15, 0.2) is 18.2 Å². The number of carbonyl (C=O) groups is 1. The van der Waals surface area contributed by atoms with Crippen molar-refractivity contribution in [1.82, 2.24) is 4.90 Å². The highest BCUT2D eigenvalue weighted by atomic mass is 16.4. The largest absolute Gasteiger partial charge is 0.478 e. The number of hydrogen-bond acceptors (Lipinski definition) is 3. The van der Waals surface area contributed by atoms with E-state index in [-0.39, 0.29) is 0 Å². The summed E-state index contributed by atoms with van der Waals surface area (Å²) >= 11 is 0. The van der Waals surface area contributed by atoms with Gasteiger partial charge in [-0.25, -0.2) is 4.79 Å². The Morgan fingerprint density at radius 3 is 2.95 bits per heavy atom. The molecule has 0 radical (unpaired) electrons. The summed E-state index contributed by atoms with van der Waals surface area (Å²) in [6.07, 6.45) is 1.19. The van der Waals surface area contributed by atoms with Crippen molar-refractivity contribution in [3.63, 3.8) is 0 Å². The number of carboxylic acids is 1. The summed E-state index contributed by atoms with van der Waals surface area (Å²) < 4.78 is 0. The number of rotatable bonds is 5. The number of nitrogens with zero attached hydrogens (tertiary/aromatic N) is 1. The molecular formula is C15H22N2O2. The van der Waals surface area contributed by atoms with Crippen LogP contribution >= 0.6 is 0 Å². The Kier molecular flexibility index (Phi) is 4.43. The van der Waals surface area contributed by atoms with Crippen molar-refractivity contribution < 1.29 is 9.90 Å². The average molecular weight is 262 g/mol. The van der Waals surface area contributed by atoms with Crippen LogP contribution in [0.1, 0.15) is 29.3 Å².